The van der Waals surface area contributed by atoms with E-state index in [1.165, 1.54) is 0 Å². The third-order valence-corrected chi connectivity index (χ3v) is 3.85. The maximum atomic E-state index is 6.01. The quantitative estimate of drug-likeness (QED) is 0.882. The van der Waals surface area contributed by atoms with Crippen molar-refractivity contribution in [2.24, 2.45) is 0 Å². The van der Waals surface area contributed by atoms with Crippen molar-refractivity contribution < 1.29 is 0 Å². The molecule has 84 valence electrons. The molecule has 0 aliphatic heterocycles. The van der Waals surface area contributed by atoms with E-state index in [0.29, 0.717) is 10.8 Å². The molecule has 0 amide bonds. The van der Waals surface area contributed by atoms with E-state index < -0.39 is 0 Å². The number of nitrogens with zero attached hydrogens (tertiary/aromatic N) is 1. The molecule has 1 N–H and O–H groups in total. The molecule has 0 radical (unpaired) electrons. The Morgan fingerprint density at radius 1 is 1.31 bits per heavy atom. The summed E-state index contributed by atoms with van der Waals surface area (Å²) in [5.74, 6) is 0.696. The molecule has 2 aromatic heterocycles. The highest BCUT2D eigenvalue weighted by Gasteiger charge is 2.10. The summed E-state index contributed by atoms with van der Waals surface area (Å²) >= 11 is 13.5. The molecule has 0 aliphatic carbocycles. The van der Waals surface area contributed by atoms with Gasteiger partial charge >= 0.3 is 0 Å². The van der Waals surface area contributed by atoms with Gasteiger partial charge in [0.1, 0.15) is 5.82 Å². The summed E-state index contributed by atoms with van der Waals surface area (Å²) in [6, 6.07) is 7.65. The van der Waals surface area contributed by atoms with Gasteiger partial charge < -0.3 is 5.32 Å². The summed E-state index contributed by atoms with van der Waals surface area (Å²) in [6.45, 7) is 2.05. The predicted octanol–water partition coefficient (Wildman–Crippen LogP) is 4.62. The zero-order valence-electron chi connectivity index (χ0n) is 8.58. The Labute approximate surface area is 108 Å². The zero-order valence-corrected chi connectivity index (χ0v) is 10.9. The van der Waals surface area contributed by atoms with Crippen LogP contribution in [0.1, 0.15) is 17.8 Å². The summed E-state index contributed by atoms with van der Waals surface area (Å²) in [7, 11) is 0. The molecule has 2 rings (SSSR count). The van der Waals surface area contributed by atoms with Crippen LogP contribution in [0.3, 0.4) is 0 Å². The second-order valence-electron chi connectivity index (χ2n) is 3.34. The van der Waals surface area contributed by atoms with Crippen molar-refractivity contribution in [2.45, 2.75) is 13.0 Å². The van der Waals surface area contributed by atoms with Crippen LogP contribution >= 0.6 is 34.5 Å². The number of thiophene rings is 1. The lowest BCUT2D eigenvalue weighted by atomic mass is 10.3. The van der Waals surface area contributed by atoms with Crippen molar-refractivity contribution in [3.8, 4) is 0 Å². The Hall–Kier alpha value is -0.770. The van der Waals surface area contributed by atoms with E-state index in [4.69, 9.17) is 23.2 Å². The normalized spacial score (nSPS) is 12.4. The van der Waals surface area contributed by atoms with E-state index in [1.54, 1.807) is 23.6 Å². The Kier molecular flexibility index (Phi) is 3.69. The highest BCUT2D eigenvalue weighted by molar-refractivity contribution is 7.16. The molecule has 0 bridgehead atoms. The molecular weight excluding hydrogens is 263 g/mol. The molecule has 0 saturated carbocycles. The molecule has 16 heavy (non-hydrogen) atoms. The van der Waals surface area contributed by atoms with Crippen LogP contribution in [0.4, 0.5) is 5.82 Å². The van der Waals surface area contributed by atoms with E-state index in [-0.39, 0.29) is 6.04 Å². The molecule has 0 saturated heterocycles. The van der Waals surface area contributed by atoms with E-state index >= 15 is 0 Å². The van der Waals surface area contributed by atoms with Crippen molar-refractivity contribution in [1.82, 2.24) is 4.98 Å². The average Bonchev–Trinajstić information content (AvgIpc) is 2.68. The van der Waals surface area contributed by atoms with Crippen LogP contribution in [-0.2, 0) is 0 Å². The molecule has 2 aromatic rings. The lowest BCUT2D eigenvalue weighted by molar-refractivity contribution is 0.897. The highest BCUT2D eigenvalue weighted by Crippen LogP contribution is 2.30. The van der Waals surface area contributed by atoms with Crippen LogP contribution in [0.2, 0.25) is 9.36 Å². The summed E-state index contributed by atoms with van der Waals surface area (Å²) in [6.07, 6.45) is 1.71. The summed E-state index contributed by atoms with van der Waals surface area (Å²) < 4.78 is 0.788. The Balaban J connectivity index is 2.13. The highest BCUT2D eigenvalue weighted by atomic mass is 35.5. The molecule has 5 heteroatoms. The number of pyridine rings is 1. The second-order valence-corrected chi connectivity index (χ2v) is 5.50. The van der Waals surface area contributed by atoms with Crippen molar-refractivity contribution in [3.05, 3.63) is 44.7 Å². The zero-order chi connectivity index (χ0) is 11.5. The fourth-order valence-electron chi connectivity index (χ4n) is 1.33. The first-order valence-electron chi connectivity index (χ1n) is 4.79. The van der Waals surface area contributed by atoms with Crippen molar-refractivity contribution >= 4 is 40.4 Å². The number of anilines is 1. The number of aromatic nitrogens is 1. The predicted molar refractivity (Wildman–Crippen MR) is 70.6 cm³/mol. The van der Waals surface area contributed by atoms with Gasteiger partial charge in [0.15, 0.2) is 0 Å². The van der Waals surface area contributed by atoms with Crippen molar-refractivity contribution in [1.29, 1.82) is 0 Å². The van der Waals surface area contributed by atoms with Crippen molar-refractivity contribution in [2.75, 3.05) is 5.32 Å². The van der Waals surface area contributed by atoms with Crippen LogP contribution in [0.25, 0.3) is 0 Å². The minimum absolute atomic E-state index is 0.143. The van der Waals surface area contributed by atoms with E-state index in [9.17, 15) is 0 Å². The van der Waals surface area contributed by atoms with Gasteiger partial charge in [-0.05, 0) is 31.2 Å². The lowest BCUT2D eigenvalue weighted by Crippen LogP contribution is -2.06. The van der Waals surface area contributed by atoms with E-state index in [0.717, 1.165) is 9.21 Å². The summed E-state index contributed by atoms with van der Waals surface area (Å²) in [5.41, 5.74) is 0. The number of halogens is 2. The monoisotopic (exact) mass is 272 g/mol. The van der Waals surface area contributed by atoms with Crippen LogP contribution < -0.4 is 5.32 Å². The number of hydrogen-bond acceptors (Lipinski definition) is 3. The SMILES string of the molecule is CC(Nc1ncccc1Cl)c1ccc(Cl)s1. The molecule has 0 spiro atoms. The molecule has 0 fully saturated rings. The Bertz CT molecular complexity index is 484. The number of rotatable bonds is 3. The van der Waals surface area contributed by atoms with Crippen LogP contribution in [-0.4, -0.2) is 4.98 Å². The number of hydrogen-bond donors (Lipinski definition) is 1. The molecule has 1 unspecified atom stereocenters. The van der Waals surface area contributed by atoms with Gasteiger partial charge in [0, 0.05) is 11.1 Å². The van der Waals surface area contributed by atoms with Crippen molar-refractivity contribution in [3.63, 3.8) is 0 Å². The molecule has 1 atom stereocenters. The maximum Gasteiger partial charge on any atom is 0.145 e. The standard InChI is InChI=1S/C11H10Cl2N2S/c1-7(9-4-5-10(13)16-9)15-11-8(12)3-2-6-14-11/h2-7H,1H3,(H,14,15). The van der Waals surface area contributed by atoms with Crippen LogP contribution in [0.5, 0.6) is 0 Å². The Morgan fingerprint density at radius 3 is 2.75 bits per heavy atom. The van der Waals surface area contributed by atoms with Gasteiger partial charge in [0.2, 0.25) is 0 Å². The summed E-state index contributed by atoms with van der Waals surface area (Å²) in [5, 5.41) is 3.87. The summed E-state index contributed by atoms with van der Waals surface area (Å²) in [4.78, 5) is 5.34. The van der Waals surface area contributed by atoms with Gasteiger partial charge in [-0.2, -0.15) is 0 Å². The first kappa shape index (κ1) is 11.7. The molecular formula is C11H10Cl2N2S. The fraction of sp³-hybridized carbons (Fsp3) is 0.182. The average molecular weight is 273 g/mol. The lowest BCUT2D eigenvalue weighted by Gasteiger charge is -2.13. The number of nitrogens with one attached hydrogen (secondary N) is 1. The first-order chi connectivity index (χ1) is 7.66. The minimum Gasteiger partial charge on any atom is -0.362 e. The fourth-order valence-corrected chi connectivity index (χ4v) is 2.57. The minimum atomic E-state index is 0.143. The largest absolute Gasteiger partial charge is 0.362 e. The van der Waals surface area contributed by atoms with E-state index in [2.05, 4.69) is 10.3 Å². The van der Waals surface area contributed by atoms with Crippen LogP contribution in [0.15, 0.2) is 30.5 Å². The molecule has 2 nitrogen and oxygen atoms in total. The second kappa shape index (κ2) is 5.04. The van der Waals surface area contributed by atoms with Gasteiger partial charge in [0.05, 0.1) is 15.4 Å². The van der Waals surface area contributed by atoms with Gasteiger partial charge in [-0.3, -0.25) is 0 Å². The van der Waals surface area contributed by atoms with Gasteiger partial charge in [-0.25, -0.2) is 4.98 Å². The topological polar surface area (TPSA) is 24.9 Å². The van der Waals surface area contributed by atoms with Gasteiger partial charge in [-0.1, -0.05) is 23.2 Å². The van der Waals surface area contributed by atoms with E-state index in [1.807, 2.05) is 25.1 Å². The molecule has 0 aliphatic rings. The third kappa shape index (κ3) is 2.67. The van der Waals surface area contributed by atoms with Crippen LogP contribution in [0, 0.1) is 0 Å². The first-order valence-corrected chi connectivity index (χ1v) is 6.36. The van der Waals surface area contributed by atoms with Gasteiger partial charge in [0.25, 0.3) is 0 Å². The smallest absolute Gasteiger partial charge is 0.145 e. The molecule has 2 heterocycles. The Morgan fingerprint density at radius 2 is 2.12 bits per heavy atom. The maximum absolute atomic E-state index is 6.01. The van der Waals surface area contributed by atoms with Gasteiger partial charge in [-0.15, -0.1) is 11.3 Å². The molecule has 0 aromatic carbocycles. The third-order valence-electron chi connectivity index (χ3n) is 2.13.